The SMILES string of the molecule is O=C(O)CC(NC(=O)OCC1c2ccccc2-c2ccccc21)C(=O)N1CCCC1CCO. The molecule has 8 nitrogen and oxygen atoms in total. The molecule has 2 atom stereocenters. The quantitative estimate of drug-likeness (QED) is 0.567. The van der Waals surface area contributed by atoms with Crippen molar-refractivity contribution in [1.82, 2.24) is 10.2 Å². The molecule has 8 heteroatoms. The topological polar surface area (TPSA) is 116 Å². The van der Waals surface area contributed by atoms with Gasteiger partial charge >= 0.3 is 12.1 Å². The van der Waals surface area contributed by atoms with E-state index in [0.717, 1.165) is 35.1 Å². The average Bonchev–Trinajstić information content (AvgIpc) is 3.39. The minimum atomic E-state index is -1.22. The maximum Gasteiger partial charge on any atom is 0.407 e. The third-order valence-corrected chi connectivity index (χ3v) is 6.44. The number of hydrogen-bond donors (Lipinski definition) is 3. The number of carbonyl (C=O) groups is 3. The first-order valence-corrected chi connectivity index (χ1v) is 11.2. The number of carboxylic acids is 1. The zero-order valence-electron chi connectivity index (χ0n) is 18.3. The number of ether oxygens (including phenoxy) is 1. The summed E-state index contributed by atoms with van der Waals surface area (Å²) in [6.45, 7) is 0.495. The van der Waals surface area contributed by atoms with Crippen LogP contribution < -0.4 is 5.32 Å². The van der Waals surface area contributed by atoms with E-state index in [0.29, 0.717) is 13.0 Å². The first kappa shape index (κ1) is 22.8. The van der Waals surface area contributed by atoms with Crippen molar-refractivity contribution in [3.8, 4) is 11.1 Å². The summed E-state index contributed by atoms with van der Waals surface area (Å²) in [5.41, 5.74) is 4.33. The van der Waals surface area contributed by atoms with Crippen molar-refractivity contribution in [2.24, 2.45) is 0 Å². The number of aliphatic carboxylic acids is 1. The van der Waals surface area contributed by atoms with Crippen molar-refractivity contribution < 1.29 is 29.3 Å². The van der Waals surface area contributed by atoms with Crippen LogP contribution in [0.25, 0.3) is 11.1 Å². The summed E-state index contributed by atoms with van der Waals surface area (Å²) >= 11 is 0. The van der Waals surface area contributed by atoms with E-state index in [1.54, 1.807) is 4.90 Å². The number of likely N-dealkylation sites (tertiary alicyclic amines) is 1. The van der Waals surface area contributed by atoms with Crippen LogP contribution in [-0.4, -0.2) is 64.9 Å². The molecule has 33 heavy (non-hydrogen) atoms. The van der Waals surface area contributed by atoms with E-state index in [2.05, 4.69) is 5.32 Å². The van der Waals surface area contributed by atoms with Crippen LogP contribution in [0.5, 0.6) is 0 Å². The second-order valence-corrected chi connectivity index (χ2v) is 8.46. The van der Waals surface area contributed by atoms with Crippen LogP contribution in [-0.2, 0) is 14.3 Å². The van der Waals surface area contributed by atoms with E-state index in [1.807, 2.05) is 48.5 Å². The molecule has 0 spiro atoms. The fourth-order valence-electron chi connectivity index (χ4n) is 4.93. The van der Waals surface area contributed by atoms with Crippen LogP contribution in [0.4, 0.5) is 4.79 Å². The van der Waals surface area contributed by atoms with Gasteiger partial charge in [0.25, 0.3) is 0 Å². The number of alkyl carbamates (subject to hydrolysis) is 1. The Kier molecular flexibility index (Phi) is 6.93. The fraction of sp³-hybridized carbons (Fsp3) is 0.400. The molecule has 2 amide bonds. The third kappa shape index (κ3) is 4.85. The summed E-state index contributed by atoms with van der Waals surface area (Å²) < 4.78 is 5.49. The van der Waals surface area contributed by atoms with Gasteiger partial charge in [-0.15, -0.1) is 0 Å². The Balaban J connectivity index is 1.43. The van der Waals surface area contributed by atoms with Crippen LogP contribution in [0.3, 0.4) is 0 Å². The fourth-order valence-corrected chi connectivity index (χ4v) is 4.93. The zero-order valence-corrected chi connectivity index (χ0v) is 18.3. The van der Waals surface area contributed by atoms with Gasteiger partial charge in [0.1, 0.15) is 12.6 Å². The minimum absolute atomic E-state index is 0.0577. The summed E-state index contributed by atoms with van der Waals surface area (Å²) in [6, 6.07) is 14.5. The lowest BCUT2D eigenvalue weighted by Crippen LogP contribution is -2.51. The van der Waals surface area contributed by atoms with Crippen molar-refractivity contribution in [2.75, 3.05) is 19.8 Å². The van der Waals surface area contributed by atoms with E-state index in [4.69, 9.17) is 4.74 Å². The molecule has 1 heterocycles. The largest absolute Gasteiger partial charge is 0.481 e. The first-order chi connectivity index (χ1) is 16.0. The highest BCUT2D eigenvalue weighted by molar-refractivity contribution is 5.89. The lowest BCUT2D eigenvalue weighted by atomic mass is 9.98. The van der Waals surface area contributed by atoms with Gasteiger partial charge in [-0.2, -0.15) is 0 Å². The number of hydrogen-bond acceptors (Lipinski definition) is 5. The molecule has 1 aliphatic carbocycles. The van der Waals surface area contributed by atoms with Gasteiger partial charge in [0, 0.05) is 25.1 Å². The van der Waals surface area contributed by atoms with Crippen LogP contribution >= 0.6 is 0 Å². The van der Waals surface area contributed by atoms with E-state index < -0.39 is 30.4 Å². The van der Waals surface area contributed by atoms with Crippen molar-refractivity contribution in [3.63, 3.8) is 0 Å². The van der Waals surface area contributed by atoms with E-state index >= 15 is 0 Å². The van der Waals surface area contributed by atoms with Gasteiger partial charge < -0.3 is 25.2 Å². The number of aliphatic hydroxyl groups is 1. The van der Waals surface area contributed by atoms with Crippen LogP contribution in [0, 0.1) is 0 Å². The molecule has 0 radical (unpaired) electrons. The molecule has 0 aromatic heterocycles. The predicted molar refractivity (Wildman–Crippen MR) is 121 cm³/mol. The Labute approximate surface area is 192 Å². The summed E-state index contributed by atoms with van der Waals surface area (Å²) in [5, 5.41) is 21.0. The number of fused-ring (bicyclic) bond motifs is 3. The molecule has 2 unspecified atom stereocenters. The standard InChI is InChI=1S/C25H28N2O6/c28-13-11-16-6-5-12-27(16)24(31)22(14-23(29)30)26-25(32)33-15-21-19-9-3-1-7-17(19)18-8-2-4-10-20(18)21/h1-4,7-10,16,21-22,28H,5-6,11-15H2,(H,26,32)(H,29,30). The first-order valence-electron chi connectivity index (χ1n) is 11.2. The number of carboxylic acid groups (broad SMARTS) is 1. The average molecular weight is 453 g/mol. The summed E-state index contributed by atoms with van der Waals surface area (Å²) in [4.78, 5) is 38.5. The van der Waals surface area contributed by atoms with Crippen molar-refractivity contribution in [1.29, 1.82) is 0 Å². The van der Waals surface area contributed by atoms with Crippen molar-refractivity contribution in [3.05, 3.63) is 59.7 Å². The van der Waals surface area contributed by atoms with Crippen LogP contribution in [0.2, 0.25) is 0 Å². The molecule has 1 saturated heterocycles. The van der Waals surface area contributed by atoms with Gasteiger partial charge in [0.15, 0.2) is 0 Å². The highest BCUT2D eigenvalue weighted by Crippen LogP contribution is 2.44. The van der Waals surface area contributed by atoms with Gasteiger partial charge in [0.2, 0.25) is 5.91 Å². The maximum absolute atomic E-state index is 13.0. The molecule has 1 fully saturated rings. The number of nitrogens with zero attached hydrogens (tertiary/aromatic N) is 1. The van der Waals surface area contributed by atoms with Gasteiger partial charge in [-0.1, -0.05) is 48.5 Å². The van der Waals surface area contributed by atoms with Gasteiger partial charge in [0.05, 0.1) is 6.42 Å². The molecule has 3 N–H and O–H groups in total. The maximum atomic E-state index is 13.0. The summed E-state index contributed by atoms with van der Waals surface area (Å²) in [7, 11) is 0. The molecular weight excluding hydrogens is 424 g/mol. The minimum Gasteiger partial charge on any atom is -0.481 e. The monoisotopic (exact) mass is 452 g/mol. The Bertz CT molecular complexity index is 994. The molecule has 0 bridgehead atoms. The normalized spacial score (nSPS) is 17.8. The molecule has 2 aliphatic rings. The number of aliphatic hydroxyl groups excluding tert-OH is 1. The van der Waals surface area contributed by atoms with Gasteiger partial charge in [-0.05, 0) is 41.5 Å². The highest BCUT2D eigenvalue weighted by Gasteiger charge is 2.35. The molecule has 4 rings (SSSR count). The molecule has 0 saturated carbocycles. The molecule has 2 aromatic carbocycles. The van der Waals surface area contributed by atoms with Gasteiger partial charge in [-0.3, -0.25) is 9.59 Å². The third-order valence-electron chi connectivity index (χ3n) is 6.44. The molecular formula is C25H28N2O6. The second kappa shape index (κ2) is 10.0. The highest BCUT2D eigenvalue weighted by atomic mass is 16.5. The predicted octanol–water partition coefficient (Wildman–Crippen LogP) is 2.74. The molecule has 174 valence electrons. The van der Waals surface area contributed by atoms with E-state index in [-0.39, 0.29) is 25.2 Å². The number of carbonyl (C=O) groups excluding carboxylic acids is 2. The zero-order chi connectivity index (χ0) is 23.4. The summed E-state index contributed by atoms with van der Waals surface area (Å²) in [5.74, 6) is -1.78. The summed E-state index contributed by atoms with van der Waals surface area (Å²) in [6.07, 6.45) is 0.592. The van der Waals surface area contributed by atoms with Gasteiger partial charge in [-0.25, -0.2) is 4.79 Å². The number of benzene rings is 2. The van der Waals surface area contributed by atoms with Crippen molar-refractivity contribution >= 4 is 18.0 Å². The lowest BCUT2D eigenvalue weighted by molar-refractivity contribution is -0.143. The molecule has 2 aromatic rings. The smallest absolute Gasteiger partial charge is 0.407 e. The van der Waals surface area contributed by atoms with Crippen LogP contribution in [0.15, 0.2) is 48.5 Å². The Hall–Kier alpha value is -3.39. The Morgan fingerprint density at radius 2 is 1.70 bits per heavy atom. The molecule has 1 aliphatic heterocycles. The number of amides is 2. The Morgan fingerprint density at radius 1 is 1.06 bits per heavy atom. The van der Waals surface area contributed by atoms with E-state index in [1.165, 1.54) is 0 Å². The second-order valence-electron chi connectivity index (χ2n) is 8.46. The number of nitrogens with one attached hydrogen (secondary N) is 1. The lowest BCUT2D eigenvalue weighted by Gasteiger charge is -2.28. The Morgan fingerprint density at radius 3 is 2.30 bits per heavy atom. The van der Waals surface area contributed by atoms with E-state index in [9.17, 15) is 24.6 Å². The van der Waals surface area contributed by atoms with Crippen LogP contribution in [0.1, 0.15) is 42.7 Å². The number of rotatable bonds is 8. The van der Waals surface area contributed by atoms with Crippen molar-refractivity contribution in [2.45, 2.75) is 43.7 Å².